The number of aromatic amines is 1. The Hall–Kier alpha value is -1.98. The predicted octanol–water partition coefficient (Wildman–Crippen LogP) is 1.74. The lowest BCUT2D eigenvalue weighted by atomic mass is 10.1. The zero-order valence-electron chi connectivity index (χ0n) is 12.3. The molecule has 1 aromatic carbocycles. The predicted molar refractivity (Wildman–Crippen MR) is 80.3 cm³/mol. The van der Waals surface area contributed by atoms with Gasteiger partial charge in [0.1, 0.15) is 11.9 Å². The molecule has 2 N–H and O–H groups in total. The fraction of sp³-hybridized carbons (Fsp3) is 0.375. The monoisotopic (exact) mass is 288 g/mol. The van der Waals surface area contributed by atoms with Crippen LogP contribution in [0.15, 0.2) is 35.1 Å². The van der Waals surface area contributed by atoms with Crippen LogP contribution in [0.1, 0.15) is 35.7 Å². The van der Waals surface area contributed by atoms with Gasteiger partial charge in [0.25, 0.3) is 5.56 Å². The number of hydrogen-bond acceptors (Lipinski definition) is 4. The van der Waals surface area contributed by atoms with Gasteiger partial charge < -0.3 is 14.8 Å². The van der Waals surface area contributed by atoms with Crippen molar-refractivity contribution in [1.29, 1.82) is 0 Å². The molecule has 0 bridgehead atoms. The van der Waals surface area contributed by atoms with E-state index in [9.17, 15) is 4.79 Å². The number of rotatable bonds is 6. The highest BCUT2D eigenvalue weighted by Crippen LogP contribution is 2.22. The minimum atomic E-state index is -0.397. The lowest BCUT2D eigenvalue weighted by Gasteiger charge is -2.17. The SMILES string of the molecule is CCOC(c1ccccc1)c1nc(C)c(CCO)c(=O)[nH]1. The highest BCUT2D eigenvalue weighted by molar-refractivity contribution is 5.25. The molecule has 0 aliphatic carbocycles. The van der Waals surface area contributed by atoms with Crippen molar-refractivity contribution in [2.24, 2.45) is 0 Å². The van der Waals surface area contributed by atoms with E-state index in [2.05, 4.69) is 9.97 Å². The average molecular weight is 288 g/mol. The highest BCUT2D eigenvalue weighted by Gasteiger charge is 2.18. The number of H-pyrrole nitrogens is 1. The van der Waals surface area contributed by atoms with E-state index in [1.807, 2.05) is 37.3 Å². The molecule has 2 aromatic rings. The summed E-state index contributed by atoms with van der Waals surface area (Å²) in [5.74, 6) is 0.493. The lowest BCUT2D eigenvalue weighted by molar-refractivity contribution is 0.0847. The third-order valence-electron chi connectivity index (χ3n) is 3.29. The average Bonchev–Trinajstić information content (AvgIpc) is 2.49. The molecular weight excluding hydrogens is 268 g/mol. The molecule has 0 spiro atoms. The normalized spacial score (nSPS) is 12.3. The first-order valence-corrected chi connectivity index (χ1v) is 7.04. The van der Waals surface area contributed by atoms with Crippen molar-refractivity contribution in [2.45, 2.75) is 26.4 Å². The summed E-state index contributed by atoms with van der Waals surface area (Å²) in [4.78, 5) is 19.4. The Morgan fingerprint density at radius 2 is 2.05 bits per heavy atom. The Morgan fingerprint density at radius 1 is 1.33 bits per heavy atom. The van der Waals surface area contributed by atoms with Crippen LogP contribution in [-0.2, 0) is 11.2 Å². The lowest BCUT2D eigenvalue weighted by Crippen LogP contribution is -2.23. The standard InChI is InChI=1S/C16H20N2O3/c1-3-21-14(12-7-5-4-6-8-12)15-17-11(2)13(9-10-19)16(20)18-15/h4-8,14,19H,3,9-10H2,1-2H3,(H,17,18,20). The zero-order chi connectivity index (χ0) is 15.2. The van der Waals surface area contributed by atoms with E-state index in [1.54, 1.807) is 6.92 Å². The third kappa shape index (κ3) is 3.56. The van der Waals surface area contributed by atoms with Gasteiger partial charge in [-0.3, -0.25) is 4.79 Å². The molecule has 0 radical (unpaired) electrons. The minimum Gasteiger partial charge on any atom is -0.396 e. The van der Waals surface area contributed by atoms with Crippen molar-refractivity contribution in [3.63, 3.8) is 0 Å². The van der Waals surface area contributed by atoms with Gasteiger partial charge in [0.2, 0.25) is 0 Å². The summed E-state index contributed by atoms with van der Waals surface area (Å²) in [6.45, 7) is 4.12. The third-order valence-corrected chi connectivity index (χ3v) is 3.29. The second kappa shape index (κ2) is 7.15. The van der Waals surface area contributed by atoms with Crippen LogP contribution in [0.2, 0.25) is 0 Å². The number of hydrogen-bond donors (Lipinski definition) is 2. The van der Waals surface area contributed by atoms with E-state index in [1.165, 1.54) is 0 Å². The van der Waals surface area contributed by atoms with E-state index < -0.39 is 6.10 Å². The Bertz CT molecular complexity index is 638. The van der Waals surface area contributed by atoms with Crippen LogP contribution >= 0.6 is 0 Å². The van der Waals surface area contributed by atoms with Crippen LogP contribution in [0, 0.1) is 6.92 Å². The molecule has 5 heteroatoms. The molecular formula is C16H20N2O3. The van der Waals surface area contributed by atoms with Gasteiger partial charge >= 0.3 is 0 Å². The van der Waals surface area contributed by atoms with Gasteiger partial charge in [-0.1, -0.05) is 30.3 Å². The van der Waals surface area contributed by atoms with Crippen molar-refractivity contribution >= 4 is 0 Å². The quantitative estimate of drug-likeness (QED) is 0.849. The summed E-state index contributed by atoms with van der Waals surface area (Å²) in [7, 11) is 0. The number of nitrogens with zero attached hydrogens (tertiary/aromatic N) is 1. The van der Waals surface area contributed by atoms with Crippen molar-refractivity contribution in [3.8, 4) is 0 Å². The molecule has 21 heavy (non-hydrogen) atoms. The first kappa shape index (κ1) is 15.4. The Balaban J connectivity index is 2.44. The molecule has 0 saturated carbocycles. The second-order valence-corrected chi connectivity index (χ2v) is 4.73. The molecule has 0 amide bonds. The molecule has 2 rings (SSSR count). The van der Waals surface area contributed by atoms with Crippen molar-refractivity contribution in [1.82, 2.24) is 9.97 Å². The molecule has 1 aromatic heterocycles. The number of aliphatic hydroxyl groups is 1. The summed E-state index contributed by atoms with van der Waals surface area (Å²) < 4.78 is 5.74. The fourth-order valence-electron chi connectivity index (χ4n) is 2.29. The van der Waals surface area contributed by atoms with Crippen molar-refractivity contribution < 1.29 is 9.84 Å². The molecule has 1 heterocycles. The summed E-state index contributed by atoms with van der Waals surface area (Å²) in [6, 6.07) is 9.66. The van der Waals surface area contributed by atoms with Gasteiger partial charge in [-0.15, -0.1) is 0 Å². The van der Waals surface area contributed by atoms with Crippen LogP contribution < -0.4 is 5.56 Å². The van der Waals surface area contributed by atoms with Crippen LogP contribution in [0.4, 0.5) is 0 Å². The topological polar surface area (TPSA) is 75.2 Å². The van der Waals surface area contributed by atoms with Gasteiger partial charge in [-0.2, -0.15) is 0 Å². The summed E-state index contributed by atoms with van der Waals surface area (Å²) >= 11 is 0. The maximum absolute atomic E-state index is 12.1. The van der Waals surface area contributed by atoms with E-state index >= 15 is 0 Å². The number of benzene rings is 1. The van der Waals surface area contributed by atoms with Crippen LogP contribution in [0.25, 0.3) is 0 Å². The first-order valence-electron chi connectivity index (χ1n) is 7.04. The molecule has 5 nitrogen and oxygen atoms in total. The fourth-order valence-corrected chi connectivity index (χ4v) is 2.29. The Kier molecular flexibility index (Phi) is 5.25. The van der Waals surface area contributed by atoms with Gasteiger partial charge in [0.15, 0.2) is 0 Å². The first-order chi connectivity index (χ1) is 10.2. The van der Waals surface area contributed by atoms with E-state index in [-0.39, 0.29) is 12.2 Å². The van der Waals surface area contributed by atoms with Gasteiger partial charge in [0.05, 0.1) is 0 Å². The second-order valence-electron chi connectivity index (χ2n) is 4.73. The van der Waals surface area contributed by atoms with Crippen LogP contribution in [-0.4, -0.2) is 28.3 Å². The van der Waals surface area contributed by atoms with Gasteiger partial charge in [-0.25, -0.2) is 4.98 Å². The molecule has 0 fully saturated rings. The van der Waals surface area contributed by atoms with Crippen molar-refractivity contribution in [2.75, 3.05) is 13.2 Å². The number of aliphatic hydroxyl groups excluding tert-OH is 1. The summed E-state index contributed by atoms with van der Waals surface area (Å²) in [5, 5.41) is 9.00. The molecule has 0 aliphatic rings. The van der Waals surface area contributed by atoms with Gasteiger partial charge in [0, 0.05) is 30.9 Å². The molecule has 0 saturated heterocycles. The van der Waals surface area contributed by atoms with Crippen molar-refractivity contribution in [3.05, 3.63) is 63.3 Å². The molecule has 112 valence electrons. The van der Waals surface area contributed by atoms with E-state index in [0.717, 1.165) is 5.56 Å². The minimum absolute atomic E-state index is 0.0709. The van der Waals surface area contributed by atoms with E-state index in [0.29, 0.717) is 30.1 Å². The van der Waals surface area contributed by atoms with Crippen LogP contribution in [0.5, 0.6) is 0 Å². The number of aryl methyl sites for hydroxylation is 1. The number of ether oxygens (including phenoxy) is 1. The molecule has 0 aliphatic heterocycles. The Morgan fingerprint density at radius 3 is 2.62 bits per heavy atom. The van der Waals surface area contributed by atoms with Crippen LogP contribution in [0.3, 0.4) is 0 Å². The summed E-state index contributed by atoms with van der Waals surface area (Å²) in [5.41, 5.74) is 1.87. The zero-order valence-corrected chi connectivity index (χ0v) is 12.3. The van der Waals surface area contributed by atoms with Gasteiger partial charge in [-0.05, 0) is 19.4 Å². The maximum Gasteiger partial charge on any atom is 0.254 e. The highest BCUT2D eigenvalue weighted by atomic mass is 16.5. The molecule has 1 unspecified atom stereocenters. The largest absolute Gasteiger partial charge is 0.396 e. The number of nitrogens with one attached hydrogen (secondary N) is 1. The summed E-state index contributed by atoms with van der Waals surface area (Å²) in [6.07, 6.45) is -0.0928. The van der Waals surface area contributed by atoms with E-state index in [4.69, 9.17) is 9.84 Å². The molecule has 1 atom stereocenters. The maximum atomic E-state index is 12.1. The smallest absolute Gasteiger partial charge is 0.254 e. The Labute approximate surface area is 123 Å². The number of aromatic nitrogens is 2.